The van der Waals surface area contributed by atoms with Crippen molar-refractivity contribution in [3.8, 4) is 11.5 Å². The van der Waals surface area contributed by atoms with Gasteiger partial charge in [-0.25, -0.2) is 0 Å². The van der Waals surface area contributed by atoms with Gasteiger partial charge in [-0.05, 0) is 37.5 Å². The summed E-state index contributed by atoms with van der Waals surface area (Å²) in [6.45, 7) is 1.97. The van der Waals surface area contributed by atoms with E-state index in [0.29, 0.717) is 21.4 Å². The minimum atomic E-state index is -0.144. The van der Waals surface area contributed by atoms with Crippen LogP contribution in [0.1, 0.15) is 18.4 Å². The Kier molecular flexibility index (Phi) is 4.40. The van der Waals surface area contributed by atoms with Gasteiger partial charge in [0, 0.05) is 5.25 Å². The van der Waals surface area contributed by atoms with E-state index in [1.54, 1.807) is 0 Å². The standard InChI is InChI=1S/C15H15ClN2O3S/c1-8-3-4-11(12(16)5-8)13-17-18-15(21-13)22-10-6-9(7-10)14(19)20-2/h3-5,9-10H,6-7H2,1-2H3. The van der Waals surface area contributed by atoms with Crippen molar-refractivity contribution in [2.75, 3.05) is 7.11 Å². The third-order valence-corrected chi connectivity index (χ3v) is 5.06. The Bertz CT molecular complexity index is 698. The fourth-order valence-electron chi connectivity index (χ4n) is 2.32. The fraction of sp³-hybridized carbons (Fsp3) is 0.400. The van der Waals surface area contributed by atoms with Gasteiger partial charge in [-0.15, -0.1) is 10.2 Å². The molecule has 0 atom stereocenters. The summed E-state index contributed by atoms with van der Waals surface area (Å²) in [5.74, 6) is 0.266. The number of halogens is 1. The van der Waals surface area contributed by atoms with Crippen LogP contribution in [0.2, 0.25) is 5.02 Å². The van der Waals surface area contributed by atoms with Gasteiger partial charge in [-0.3, -0.25) is 4.79 Å². The van der Waals surface area contributed by atoms with E-state index in [0.717, 1.165) is 24.0 Å². The van der Waals surface area contributed by atoms with Gasteiger partial charge < -0.3 is 9.15 Å². The average Bonchev–Trinajstić information content (AvgIpc) is 2.90. The summed E-state index contributed by atoms with van der Waals surface area (Å²) in [6, 6.07) is 5.68. The maximum atomic E-state index is 11.3. The minimum Gasteiger partial charge on any atom is -0.469 e. The number of ether oxygens (including phenoxy) is 1. The van der Waals surface area contributed by atoms with Crippen molar-refractivity contribution >= 4 is 29.3 Å². The van der Waals surface area contributed by atoms with Gasteiger partial charge in [-0.2, -0.15) is 0 Å². The molecule has 0 aliphatic heterocycles. The summed E-state index contributed by atoms with van der Waals surface area (Å²) >= 11 is 7.70. The average molecular weight is 339 g/mol. The van der Waals surface area contributed by atoms with Gasteiger partial charge in [0.05, 0.1) is 23.6 Å². The Morgan fingerprint density at radius 3 is 2.86 bits per heavy atom. The van der Waals surface area contributed by atoms with Crippen LogP contribution in [0.3, 0.4) is 0 Å². The van der Waals surface area contributed by atoms with E-state index in [1.165, 1.54) is 18.9 Å². The van der Waals surface area contributed by atoms with Crippen LogP contribution < -0.4 is 0 Å². The Morgan fingerprint density at radius 2 is 2.18 bits per heavy atom. The van der Waals surface area contributed by atoms with Crippen LogP contribution in [-0.4, -0.2) is 28.5 Å². The number of hydrogen-bond donors (Lipinski definition) is 0. The zero-order valence-corrected chi connectivity index (χ0v) is 13.8. The second-order valence-electron chi connectivity index (χ2n) is 5.29. The fourth-order valence-corrected chi connectivity index (χ4v) is 3.80. The van der Waals surface area contributed by atoms with E-state index < -0.39 is 0 Å². The second-order valence-corrected chi connectivity index (χ2v) is 6.95. The summed E-state index contributed by atoms with van der Waals surface area (Å²) in [5, 5.41) is 9.49. The first kappa shape index (κ1) is 15.4. The number of hydrogen-bond acceptors (Lipinski definition) is 6. The van der Waals surface area contributed by atoms with Gasteiger partial charge in [-0.1, -0.05) is 29.4 Å². The lowest BCUT2D eigenvalue weighted by molar-refractivity contribution is -0.148. The smallest absolute Gasteiger partial charge is 0.308 e. The molecule has 116 valence electrons. The number of esters is 1. The maximum Gasteiger partial charge on any atom is 0.308 e. The Morgan fingerprint density at radius 1 is 1.41 bits per heavy atom. The molecule has 0 unspecified atom stereocenters. The van der Waals surface area contributed by atoms with Crippen LogP contribution in [0.4, 0.5) is 0 Å². The molecule has 1 aliphatic rings. The van der Waals surface area contributed by atoms with Crippen LogP contribution in [0.15, 0.2) is 27.8 Å². The Hall–Kier alpha value is -1.53. The highest BCUT2D eigenvalue weighted by molar-refractivity contribution is 7.99. The zero-order chi connectivity index (χ0) is 15.7. The molecule has 22 heavy (non-hydrogen) atoms. The van der Waals surface area contributed by atoms with Crippen molar-refractivity contribution < 1.29 is 13.9 Å². The van der Waals surface area contributed by atoms with Crippen LogP contribution in [0.25, 0.3) is 11.5 Å². The first-order valence-corrected chi connectivity index (χ1v) is 8.17. The van der Waals surface area contributed by atoms with Gasteiger partial charge in [0.25, 0.3) is 5.22 Å². The molecule has 0 spiro atoms. The number of methoxy groups -OCH3 is 1. The number of carbonyl (C=O) groups excluding carboxylic acids is 1. The maximum absolute atomic E-state index is 11.3. The van der Waals surface area contributed by atoms with E-state index >= 15 is 0 Å². The molecule has 1 aromatic heterocycles. The van der Waals surface area contributed by atoms with Gasteiger partial charge in [0.1, 0.15) is 0 Å². The second kappa shape index (κ2) is 6.30. The topological polar surface area (TPSA) is 65.2 Å². The molecule has 1 saturated carbocycles. The lowest BCUT2D eigenvalue weighted by Crippen LogP contribution is -2.33. The van der Waals surface area contributed by atoms with Crippen LogP contribution in [-0.2, 0) is 9.53 Å². The van der Waals surface area contributed by atoms with Crippen molar-refractivity contribution in [3.05, 3.63) is 28.8 Å². The highest BCUT2D eigenvalue weighted by Crippen LogP contribution is 2.41. The molecule has 1 fully saturated rings. The molecule has 7 heteroatoms. The Balaban J connectivity index is 1.64. The summed E-state index contributed by atoms with van der Waals surface area (Å²) in [5.41, 5.74) is 1.80. The molecular weight excluding hydrogens is 324 g/mol. The lowest BCUT2D eigenvalue weighted by Gasteiger charge is -2.31. The highest BCUT2D eigenvalue weighted by atomic mass is 35.5. The van der Waals surface area contributed by atoms with Crippen LogP contribution in [0.5, 0.6) is 0 Å². The molecule has 1 aromatic carbocycles. The predicted molar refractivity (Wildman–Crippen MR) is 83.9 cm³/mol. The third-order valence-electron chi connectivity index (χ3n) is 3.66. The molecule has 0 radical (unpaired) electrons. The van der Waals surface area contributed by atoms with Gasteiger partial charge in [0.15, 0.2) is 0 Å². The summed E-state index contributed by atoms with van der Waals surface area (Å²) in [7, 11) is 1.42. The van der Waals surface area contributed by atoms with Crippen molar-refractivity contribution in [3.63, 3.8) is 0 Å². The van der Waals surface area contributed by atoms with E-state index in [9.17, 15) is 4.79 Å². The van der Waals surface area contributed by atoms with E-state index in [2.05, 4.69) is 10.2 Å². The SMILES string of the molecule is COC(=O)C1CC(Sc2nnc(-c3ccc(C)cc3Cl)o2)C1. The summed E-state index contributed by atoms with van der Waals surface area (Å²) < 4.78 is 10.4. The molecule has 3 rings (SSSR count). The van der Waals surface area contributed by atoms with Gasteiger partial charge in [0.2, 0.25) is 5.89 Å². The van der Waals surface area contributed by atoms with E-state index in [4.69, 9.17) is 20.8 Å². The van der Waals surface area contributed by atoms with E-state index in [1.807, 2.05) is 25.1 Å². The number of nitrogens with zero attached hydrogens (tertiary/aromatic N) is 2. The van der Waals surface area contributed by atoms with Crippen molar-refractivity contribution in [1.82, 2.24) is 10.2 Å². The molecule has 0 N–H and O–H groups in total. The minimum absolute atomic E-state index is 0.00330. The van der Waals surface area contributed by atoms with Crippen molar-refractivity contribution in [1.29, 1.82) is 0 Å². The molecule has 2 aromatic rings. The van der Waals surface area contributed by atoms with Crippen molar-refractivity contribution in [2.24, 2.45) is 5.92 Å². The van der Waals surface area contributed by atoms with Gasteiger partial charge >= 0.3 is 5.97 Å². The first-order chi connectivity index (χ1) is 10.6. The normalized spacial score (nSPS) is 20.5. The van der Waals surface area contributed by atoms with Crippen molar-refractivity contribution in [2.45, 2.75) is 30.2 Å². The molecular formula is C15H15ClN2O3S. The molecule has 1 heterocycles. The number of rotatable bonds is 4. The third kappa shape index (κ3) is 3.13. The molecule has 5 nitrogen and oxygen atoms in total. The summed E-state index contributed by atoms with van der Waals surface area (Å²) in [4.78, 5) is 11.3. The quantitative estimate of drug-likeness (QED) is 0.791. The highest BCUT2D eigenvalue weighted by Gasteiger charge is 2.36. The monoisotopic (exact) mass is 338 g/mol. The molecule has 0 amide bonds. The first-order valence-electron chi connectivity index (χ1n) is 6.91. The summed E-state index contributed by atoms with van der Waals surface area (Å²) in [6.07, 6.45) is 1.56. The van der Waals surface area contributed by atoms with Crippen LogP contribution in [0, 0.1) is 12.8 Å². The molecule has 0 saturated heterocycles. The zero-order valence-electron chi connectivity index (χ0n) is 12.2. The number of thioether (sulfide) groups is 1. The largest absolute Gasteiger partial charge is 0.469 e. The number of aryl methyl sites for hydroxylation is 1. The Labute approximate surface area is 137 Å². The number of aromatic nitrogens is 2. The number of benzene rings is 1. The molecule has 0 bridgehead atoms. The predicted octanol–water partition coefficient (Wildman–Crippen LogP) is 3.74. The number of carbonyl (C=O) groups is 1. The van der Waals surface area contributed by atoms with Crippen LogP contribution >= 0.6 is 23.4 Å². The lowest BCUT2D eigenvalue weighted by atomic mass is 9.85. The van der Waals surface area contributed by atoms with E-state index in [-0.39, 0.29) is 11.9 Å². The molecule has 1 aliphatic carbocycles.